The summed E-state index contributed by atoms with van der Waals surface area (Å²) in [7, 11) is 1.35. The lowest BCUT2D eigenvalue weighted by atomic mass is 10.0. The summed E-state index contributed by atoms with van der Waals surface area (Å²) in [5, 5.41) is 0. The van der Waals surface area contributed by atoms with Gasteiger partial charge in [0.25, 0.3) is 5.91 Å². The number of amides is 1. The summed E-state index contributed by atoms with van der Waals surface area (Å²) in [6.45, 7) is 0.608. The van der Waals surface area contributed by atoms with Crippen molar-refractivity contribution in [3.8, 4) is 0 Å². The molecular formula is C11H14N2O3S. The Morgan fingerprint density at radius 1 is 1.53 bits per heavy atom. The van der Waals surface area contributed by atoms with E-state index in [1.165, 1.54) is 24.6 Å². The van der Waals surface area contributed by atoms with Gasteiger partial charge in [0.2, 0.25) is 0 Å². The molecule has 92 valence electrons. The maximum absolute atomic E-state index is 12.2. The van der Waals surface area contributed by atoms with Gasteiger partial charge in [-0.2, -0.15) is 0 Å². The fraction of sp³-hybridized carbons (Fsp3) is 0.545. The van der Waals surface area contributed by atoms with E-state index in [1.54, 1.807) is 10.4 Å². The van der Waals surface area contributed by atoms with Crippen molar-refractivity contribution < 1.29 is 14.3 Å². The van der Waals surface area contributed by atoms with Gasteiger partial charge in [-0.1, -0.05) is 0 Å². The molecular weight excluding hydrogens is 240 g/mol. The highest BCUT2D eigenvalue weighted by atomic mass is 32.1. The zero-order valence-electron chi connectivity index (χ0n) is 9.59. The van der Waals surface area contributed by atoms with Crippen LogP contribution in [0.2, 0.25) is 0 Å². The van der Waals surface area contributed by atoms with Crippen molar-refractivity contribution in [2.24, 2.45) is 0 Å². The highest BCUT2D eigenvalue weighted by molar-refractivity contribution is 7.11. The first-order valence-corrected chi connectivity index (χ1v) is 6.39. The topological polar surface area (TPSA) is 59.5 Å². The summed E-state index contributed by atoms with van der Waals surface area (Å²) in [6.07, 6.45) is 4.09. The van der Waals surface area contributed by atoms with Crippen molar-refractivity contribution in [3.05, 3.63) is 16.6 Å². The largest absolute Gasteiger partial charge is 0.467 e. The second kappa shape index (κ2) is 5.27. The standard InChI is InChI=1S/C11H14N2O3S/c1-16-11(15)8-4-2-3-5-13(8)10(14)9-6-12-7-17-9/h6-8H,2-5H2,1H3/t8-/m1/s1. The van der Waals surface area contributed by atoms with Crippen molar-refractivity contribution >= 4 is 23.2 Å². The quantitative estimate of drug-likeness (QED) is 0.747. The molecule has 0 N–H and O–H groups in total. The zero-order chi connectivity index (χ0) is 12.3. The summed E-state index contributed by atoms with van der Waals surface area (Å²) >= 11 is 1.29. The number of rotatable bonds is 2. The van der Waals surface area contributed by atoms with Crippen molar-refractivity contribution in [2.75, 3.05) is 13.7 Å². The van der Waals surface area contributed by atoms with E-state index in [-0.39, 0.29) is 11.9 Å². The van der Waals surface area contributed by atoms with Crippen LogP contribution in [0.4, 0.5) is 0 Å². The normalized spacial score (nSPS) is 20.1. The number of nitrogens with zero attached hydrogens (tertiary/aromatic N) is 2. The third-order valence-corrected chi connectivity index (χ3v) is 3.64. The van der Waals surface area contributed by atoms with E-state index in [0.29, 0.717) is 17.8 Å². The highest BCUT2D eigenvalue weighted by Gasteiger charge is 2.33. The van der Waals surface area contributed by atoms with Crippen LogP contribution in [0.5, 0.6) is 0 Å². The first-order valence-electron chi connectivity index (χ1n) is 5.51. The van der Waals surface area contributed by atoms with Gasteiger partial charge in [0.05, 0.1) is 18.8 Å². The fourth-order valence-corrected chi connectivity index (χ4v) is 2.59. The van der Waals surface area contributed by atoms with E-state index in [9.17, 15) is 9.59 Å². The van der Waals surface area contributed by atoms with Crippen molar-refractivity contribution in [3.63, 3.8) is 0 Å². The van der Waals surface area contributed by atoms with Gasteiger partial charge in [-0.05, 0) is 19.3 Å². The number of ether oxygens (including phenoxy) is 1. The molecule has 0 spiro atoms. The number of likely N-dealkylation sites (tertiary alicyclic amines) is 1. The minimum atomic E-state index is -0.441. The van der Waals surface area contributed by atoms with Gasteiger partial charge < -0.3 is 9.64 Å². The molecule has 1 saturated heterocycles. The molecule has 0 aliphatic carbocycles. The first-order chi connectivity index (χ1) is 8.24. The Labute approximate surface area is 103 Å². The maximum atomic E-state index is 12.2. The van der Waals surface area contributed by atoms with Crippen LogP contribution in [0.15, 0.2) is 11.7 Å². The number of aromatic nitrogens is 1. The fourth-order valence-electron chi connectivity index (χ4n) is 2.02. The van der Waals surface area contributed by atoms with Gasteiger partial charge in [0.15, 0.2) is 0 Å². The van der Waals surface area contributed by atoms with Crippen molar-refractivity contribution in [2.45, 2.75) is 25.3 Å². The minimum absolute atomic E-state index is 0.123. The third kappa shape index (κ3) is 2.46. The van der Waals surface area contributed by atoms with Crippen LogP contribution in [0.3, 0.4) is 0 Å². The lowest BCUT2D eigenvalue weighted by molar-refractivity contribution is -0.147. The molecule has 1 aliphatic rings. The molecule has 1 aromatic rings. The van der Waals surface area contributed by atoms with Crippen LogP contribution in [0, 0.1) is 0 Å². The average molecular weight is 254 g/mol. The number of piperidine rings is 1. The van der Waals surface area contributed by atoms with Crippen LogP contribution >= 0.6 is 11.3 Å². The van der Waals surface area contributed by atoms with E-state index >= 15 is 0 Å². The smallest absolute Gasteiger partial charge is 0.328 e. The number of carbonyl (C=O) groups excluding carboxylic acids is 2. The highest BCUT2D eigenvalue weighted by Crippen LogP contribution is 2.21. The van der Waals surface area contributed by atoms with Crippen molar-refractivity contribution in [1.82, 2.24) is 9.88 Å². The van der Waals surface area contributed by atoms with Gasteiger partial charge in [-0.15, -0.1) is 11.3 Å². The molecule has 2 heterocycles. The molecule has 1 atom stereocenters. The lowest BCUT2D eigenvalue weighted by Gasteiger charge is -2.33. The molecule has 17 heavy (non-hydrogen) atoms. The van der Waals surface area contributed by atoms with Gasteiger partial charge in [-0.3, -0.25) is 9.78 Å². The SMILES string of the molecule is COC(=O)[C@H]1CCCCN1C(=O)c1cncs1. The number of carbonyl (C=O) groups is 2. The summed E-state index contributed by atoms with van der Waals surface area (Å²) in [6, 6.07) is -0.441. The summed E-state index contributed by atoms with van der Waals surface area (Å²) in [4.78, 5) is 29.9. The monoisotopic (exact) mass is 254 g/mol. The number of hydrogen-bond donors (Lipinski definition) is 0. The number of esters is 1. The third-order valence-electron chi connectivity index (χ3n) is 2.88. The molecule has 0 saturated carbocycles. The Balaban J connectivity index is 2.16. The van der Waals surface area contributed by atoms with Gasteiger partial charge in [-0.25, -0.2) is 4.79 Å². The molecule has 0 radical (unpaired) electrons. The van der Waals surface area contributed by atoms with Gasteiger partial charge in [0.1, 0.15) is 10.9 Å². The summed E-state index contributed by atoms with van der Waals surface area (Å²) in [5.74, 6) is -0.454. The molecule has 1 aliphatic heterocycles. The van der Waals surface area contributed by atoms with Crippen LogP contribution < -0.4 is 0 Å². The molecule has 1 amide bonds. The molecule has 0 aromatic carbocycles. The summed E-state index contributed by atoms with van der Waals surface area (Å²) < 4.78 is 4.74. The maximum Gasteiger partial charge on any atom is 0.328 e. The van der Waals surface area contributed by atoms with Gasteiger partial charge in [0, 0.05) is 6.54 Å². The van der Waals surface area contributed by atoms with E-state index in [0.717, 1.165) is 12.8 Å². The lowest BCUT2D eigenvalue weighted by Crippen LogP contribution is -2.48. The molecule has 0 bridgehead atoms. The predicted octanol–water partition coefficient (Wildman–Crippen LogP) is 1.31. The Bertz CT molecular complexity index is 405. The first kappa shape index (κ1) is 12.0. The molecule has 6 heteroatoms. The zero-order valence-corrected chi connectivity index (χ0v) is 10.4. The Hall–Kier alpha value is -1.43. The van der Waals surface area contributed by atoms with E-state index in [4.69, 9.17) is 4.74 Å². The Kier molecular flexibility index (Phi) is 3.73. The van der Waals surface area contributed by atoms with Crippen LogP contribution in [0.1, 0.15) is 28.9 Å². The second-order valence-electron chi connectivity index (χ2n) is 3.90. The van der Waals surface area contributed by atoms with Crippen molar-refractivity contribution in [1.29, 1.82) is 0 Å². The van der Waals surface area contributed by atoms with E-state index in [1.807, 2.05) is 0 Å². The van der Waals surface area contributed by atoms with Crippen LogP contribution in [-0.4, -0.2) is 41.5 Å². The Morgan fingerprint density at radius 3 is 3.00 bits per heavy atom. The molecule has 1 fully saturated rings. The molecule has 1 aromatic heterocycles. The second-order valence-corrected chi connectivity index (χ2v) is 4.79. The number of hydrogen-bond acceptors (Lipinski definition) is 5. The van der Waals surface area contributed by atoms with Crippen LogP contribution in [-0.2, 0) is 9.53 Å². The Morgan fingerprint density at radius 2 is 2.35 bits per heavy atom. The summed E-state index contributed by atoms with van der Waals surface area (Å²) in [5.41, 5.74) is 1.62. The van der Waals surface area contributed by atoms with Crippen LogP contribution in [0.25, 0.3) is 0 Å². The predicted molar refractivity (Wildman–Crippen MR) is 62.8 cm³/mol. The number of methoxy groups -OCH3 is 1. The molecule has 2 rings (SSSR count). The van der Waals surface area contributed by atoms with Gasteiger partial charge >= 0.3 is 5.97 Å². The van der Waals surface area contributed by atoms with E-state index < -0.39 is 6.04 Å². The van der Waals surface area contributed by atoms with E-state index in [2.05, 4.69) is 4.98 Å². The molecule has 5 nitrogen and oxygen atoms in total. The minimum Gasteiger partial charge on any atom is -0.467 e. The number of thiazole rings is 1. The molecule has 0 unspecified atom stereocenters. The average Bonchev–Trinajstić information content (AvgIpc) is 2.91.